The number of rotatable bonds is 6. The maximum absolute atomic E-state index is 10.4. The molecule has 4 saturated carbocycles. The molecule has 1 aromatic rings. The predicted molar refractivity (Wildman–Crippen MR) is 105 cm³/mol. The third kappa shape index (κ3) is 3.34. The molecule has 5 aliphatic rings. The number of fused-ring (bicyclic) bond motifs is 1. The molecule has 26 heavy (non-hydrogen) atoms. The Bertz CT molecular complexity index is 648. The van der Waals surface area contributed by atoms with Gasteiger partial charge in [0.15, 0.2) is 0 Å². The fraction of sp³-hybridized carbons (Fsp3) is 0.762. The van der Waals surface area contributed by atoms with Crippen LogP contribution in [0.25, 0.3) is 0 Å². The van der Waals surface area contributed by atoms with E-state index in [9.17, 15) is 5.11 Å². The smallest absolute Gasteiger partial charge is 0.144 e. The Balaban J connectivity index is 1.12. The van der Waals surface area contributed by atoms with E-state index in [4.69, 9.17) is 4.84 Å². The summed E-state index contributed by atoms with van der Waals surface area (Å²) in [4.78, 5) is 6.95. The number of nitrogens with one attached hydrogen (secondary N) is 1. The van der Waals surface area contributed by atoms with Crippen LogP contribution in [-0.2, 0) is 11.3 Å². The Morgan fingerprint density at radius 3 is 2.65 bits per heavy atom. The molecule has 1 unspecified atom stereocenters. The second kappa shape index (κ2) is 6.92. The number of nitrogens with zero attached hydrogens (tertiary/aromatic N) is 1. The van der Waals surface area contributed by atoms with Gasteiger partial charge >= 0.3 is 0 Å². The van der Waals surface area contributed by atoms with E-state index >= 15 is 0 Å². The maximum atomic E-state index is 10.4. The molecule has 1 atom stereocenters. The van der Waals surface area contributed by atoms with Gasteiger partial charge in [0.1, 0.15) is 12.7 Å². The lowest BCUT2D eigenvalue weighted by Gasteiger charge is -2.57. The van der Waals surface area contributed by atoms with Crippen LogP contribution in [0.2, 0.25) is 0 Å². The second-order valence-electron chi connectivity index (χ2n) is 9.18. The van der Waals surface area contributed by atoms with Crippen LogP contribution in [0.5, 0.6) is 0 Å². The highest BCUT2D eigenvalue weighted by Crippen LogP contribution is 2.55. The molecule has 0 saturated heterocycles. The first-order valence-corrected chi connectivity index (χ1v) is 11.3. The fourth-order valence-corrected chi connectivity index (χ4v) is 7.30. The number of hydrogen-bond acceptors (Lipinski definition) is 5. The van der Waals surface area contributed by atoms with E-state index in [1.165, 1.54) is 49.0 Å². The standard InChI is InChI=1S/C21H30N2O2S/c24-17(13-25-23-19-2-1-3-20-18(19)4-5-26-20)12-22-21-9-14-6-15(10-21)8-16(7-14)11-21/h4-5,14-17,22,24H,1-3,6-13H2/b23-19+. The molecular weight excluding hydrogens is 344 g/mol. The van der Waals surface area contributed by atoms with E-state index in [0.717, 1.165) is 42.7 Å². The number of aryl methyl sites for hydroxylation is 1. The molecule has 4 bridgehead atoms. The Morgan fingerprint density at radius 2 is 1.92 bits per heavy atom. The van der Waals surface area contributed by atoms with Crippen LogP contribution in [0, 0.1) is 17.8 Å². The summed E-state index contributed by atoms with van der Waals surface area (Å²) in [5.74, 6) is 2.79. The van der Waals surface area contributed by atoms with Gasteiger partial charge in [-0.15, -0.1) is 11.3 Å². The zero-order chi connectivity index (χ0) is 17.6. The lowest BCUT2D eigenvalue weighted by molar-refractivity contribution is -0.0306. The van der Waals surface area contributed by atoms with Crippen molar-refractivity contribution in [1.29, 1.82) is 0 Å². The number of thiophene rings is 1. The first-order chi connectivity index (χ1) is 12.7. The fourth-order valence-electron chi connectivity index (χ4n) is 6.36. The Kier molecular flexibility index (Phi) is 4.58. The minimum absolute atomic E-state index is 0.280. The van der Waals surface area contributed by atoms with Crippen molar-refractivity contribution in [3.8, 4) is 0 Å². The largest absolute Gasteiger partial charge is 0.393 e. The van der Waals surface area contributed by atoms with Gasteiger partial charge in [-0.1, -0.05) is 5.16 Å². The van der Waals surface area contributed by atoms with E-state index < -0.39 is 6.10 Å². The SMILES string of the molecule is OC(CNC12CC3CC(CC(C3)C1)C2)CO/N=C1\CCCc2sccc21. The summed E-state index contributed by atoms with van der Waals surface area (Å²) >= 11 is 1.81. The van der Waals surface area contributed by atoms with Crippen molar-refractivity contribution in [3.63, 3.8) is 0 Å². The number of oxime groups is 1. The number of hydrogen-bond donors (Lipinski definition) is 2. The van der Waals surface area contributed by atoms with Gasteiger partial charge in [0, 0.05) is 22.5 Å². The van der Waals surface area contributed by atoms with Crippen LogP contribution in [0.1, 0.15) is 61.8 Å². The molecule has 1 heterocycles. The molecule has 142 valence electrons. The first kappa shape index (κ1) is 17.2. The average molecular weight is 375 g/mol. The van der Waals surface area contributed by atoms with Crippen molar-refractivity contribution < 1.29 is 9.94 Å². The normalized spacial score (nSPS) is 37.7. The highest BCUT2D eigenvalue weighted by atomic mass is 32.1. The van der Waals surface area contributed by atoms with Gasteiger partial charge in [-0.25, -0.2) is 0 Å². The van der Waals surface area contributed by atoms with E-state index in [-0.39, 0.29) is 6.61 Å². The lowest BCUT2D eigenvalue weighted by atomic mass is 9.53. The van der Waals surface area contributed by atoms with Crippen molar-refractivity contribution in [2.24, 2.45) is 22.9 Å². The summed E-state index contributed by atoms with van der Waals surface area (Å²) in [6, 6.07) is 2.15. The summed E-state index contributed by atoms with van der Waals surface area (Å²) in [7, 11) is 0. The van der Waals surface area contributed by atoms with Crippen molar-refractivity contribution >= 4 is 17.0 Å². The zero-order valence-corrected chi connectivity index (χ0v) is 16.3. The second-order valence-corrected chi connectivity index (χ2v) is 10.2. The minimum Gasteiger partial charge on any atom is -0.393 e. The highest BCUT2D eigenvalue weighted by Gasteiger charge is 2.50. The van der Waals surface area contributed by atoms with E-state index in [1.807, 2.05) is 11.3 Å². The predicted octanol–water partition coefficient (Wildman–Crippen LogP) is 3.72. The van der Waals surface area contributed by atoms with Crippen LogP contribution < -0.4 is 5.32 Å². The van der Waals surface area contributed by atoms with E-state index in [1.54, 1.807) is 0 Å². The quantitative estimate of drug-likeness (QED) is 0.746. The third-order valence-corrected chi connectivity index (χ3v) is 8.05. The van der Waals surface area contributed by atoms with Crippen molar-refractivity contribution in [3.05, 3.63) is 21.9 Å². The van der Waals surface area contributed by atoms with Gasteiger partial charge in [0.2, 0.25) is 0 Å². The number of aliphatic hydroxyl groups excluding tert-OH is 1. The van der Waals surface area contributed by atoms with Gasteiger partial charge in [0.25, 0.3) is 0 Å². The lowest BCUT2D eigenvalue weighted by Crippen LogP contribution is -2.59. The molecule has 6 rings (SSSR count). The van der Waals surface area contributed by atoms with Gasteiger partial charge < -0.3 is 15.3 Å². The van der Waals surface area contributed by atoms with Gasteiger partial charge in [-0.2, -0.15) is 0 Å². The Hall–Kier alpha value is -0.910. The Morgan fingerprint density at radius 1 is 1.19 bits per heavy atom. The van der Waals surface area contributed by atoms with Gasteiger partial charge in [0.05, 0.1) is 5.71 Å². The van der Waals surface area contributed by atoms with Crippen molar-refractivity contribution in [1.82, 2.24) is 5.32 Å². The average Bonchev–Trinajstić information content (AvgIpc) is 3.09. The summed E-state index contributed by atoms with van der Waals surface area (Å²) < 4.78 is 0. The molecular formula is C21H30N2O2S. The van der Waals surface area contributed by atoms with Crippen LogP contribution >= 0.6 is 11.3 Å². The van der Waals surface area contributed by atoms with Crippen LogP contribution in [-0.4, -0.2) is 35.6 Å². The minimum atomic E-state index is -0.488. The molecule has 2 N–H and O–H groups in total. The summed E-state index contributed by atoms with van der Waals surface area (Å²) in [5, 5.41) is 20.6. The molecule has 0 radical (unpaired) electrons. The summed E-state index contributed by atoms with van der Waals surface area (Å²) in [5.41, 5.74) is 2.60. The van der Waals surface area contributed by atoms with Crippen molar-refractivity contribution in [2.75, 3.05) is 13.2 Å². The highest BCUT2D eigenvalue weighted by molar-refractivity contribution is 7.10. The third-order valence-electron chi connectivity index (χ3n) is 7.07. The molecule has 5 aliphatic carbocycles. The number of aliphatic hydroxyl groups is 1. The molecule has 0 aromatic carbocycles. The molecule has 0 amide bonds. The van der Waals surface area contributed by atoms with Gasteiger partial charge in [-0.3, -0.25) is 0 Å². The summed E-state index contributed by atoms with van der Waals surface area (Å²) in [6.07, 6.45) is 11.1. The molecule has 4 nitrogen and oxygen atoms in total. The van der Waals surface area contributed by atoms with Crippen LogP contribution in [0.3, 0.4) is 0 Å². The number of β-amino-alcohol motifs (C(OH)–C–C–N with tert-alkyl or cyclic N) is 1. The first-order valence-electron chi connectivity index (χ1n) is 10.4. The Labute approximate surface area is 160 Å². The molecule has 4 fully saturated rings. The van der Waals surface area contributed by atoms with Crippen molar-refractivity contribution in [2.45, 2.75) is 69.4 Å². The molecule has 1 aromatic heterocycles. The van der Waals surface area contributed by atoms with E-state index in [2.05, 4.69) is 21.9 Å². The summed E-state index contributed by atoms with van der Waals surface area (Å²) in [6.45, 7) is 0.906. The maximum Gasteiger partial charge on any atom is 0.144 e. The van der Waals surface area contributed by atoms with Gasteiger partial charge in [-0.05, 0) is 87.0 Å². The topological polar surface area (TPSA) is 53.8 Å². The monoisotopic (exact) mass is 374 g/mol. The molecule has 5 heteroatoms. The van der Waals surface area contributed by atoms with Crippen LogP contribution in [0.15, 0.2) is 16.6 Å². The van der Waals surface area contributed by atoms with Crippen LogP contribution in [0.4, 0.5) is 0 Å². The van der Waals surface area contributed by atoms with E-state index in [0.29, 0.717) is 12.1 Å². The molecule has 0 aliphatic heterocycles. The zero-order valence-electron chi connectivity index (χ0n) is 15.5. The molecule has 0 spiro atoms.